The van der Waals surface area contributed by atoms with E-state index in [9.17, 15) is 0 Å². The van der Waals surface area contributed by atoms with Gasteiger partial charge in [0.05, 0.1) is 12.6 Å². The van der Waals surface area contributed by atoms with Gasteiger partial charge in [0.15, 0.2) is 5.82 Å². The van der Waals surface area contributed by atoms with Gasteiger partial charge >= 0.3 is 0 Å². The molecule has 0 aliphatic rings. The van der Waals surface area contributed by atoms with Gasteiger partial charge in [0.2, 0.25) is 5.89 Å². The smallest absolute Gasteiger partial charge is 0.244 e. The van der Waals surface area contributed by atoms with Crippen LogP contribution in [0.25, 0.3) is 0 Å². The molecule has 5 heteroatoms. The highest BCUT2D eigenvalue weighted by Gasteiger charge is 2.27. The molecule has 0 bridgehead atoms. The summed E-state index contributed by atoms with van der Waals surface area (Å²) in [6.45, 7) is 9.40. The Kier molecular flexibility index (Phi) is 4.44. The van der Waals surface area contributed by atoms with Gasteiger partial charge in [-0.1, -0.05) is 25.9 Å². The summed E-state index contributed by atoms with van der Waals surface area (Å²) in [5, 5.41) is 3.88. The third-order valence-corrected chi connectivity index (χ3v) is 2.36. The third kappa shape index (κ3) is 3.57. The molecule has 0 aliphatic carbocycles. The van der Waals surface area contributed by atoms with Gasteiger partial charge in [-0.15, -0.1) is 0 Å². The highest BCUT2D eigenvalue weighted by atomic mass is 16.5. The standard InChI is InChI=1S/C11H21N3O2/c1-5-15-7-6-8-13-10(16-14-8)9(12)11(2,3)4/h9H,5-7,12H2,1-4H3. The van der Waals surface area contributed by atoms with Crippen LogP contribution in [0.5, 0.6) is 0 Å². The Hall–Kier alpha value is -0.940. The third-order valence-electron chi connectivity index (χ3n) is 2.36. The van der Waals surface area contributed by atoms with Gasteiger partial charge in [0.1, 0.15) is 0 Å². The first-order valence-electron chi connectivity index (χ1n) is 5.61. The topological polar surface area (TPSA) is 74.2 Å². The average Bonchev–Trinajstić information content (AvgIpc) is 2.64. The molecule has 0 radical (unpaired) electrons. The summed E-state index contributed by atoms with van der Waals surface area (Å²) in [7, 11) is 0. The van der Waals surface area contributed by atoms with Crippen molar-refractivity contribution in [1.82, 2.24) is 10.1 Å². The lowest BCUT2D eigenvalue weighted by atomic mass is 9.87. The molecule has 0 aliphatic heterocycles. The van der Waals surface area contributed by atoms with Crippen LogP contribution in [0.4, 0.5) is 0 Å². The lowest BCUT2D eigenvalue weighted by Crippen LogP contribution is -2.26. The fraction of sp³-hybridized carbons (Fsp3) is 0.818. The summed E-state index contributed by atoms with van der Waals surface area (Å²) < 4.78 is 10.4. The number of rotatable bonds is 5. The van der Waals surface area contributed by atoms with Crippen molar-refractivity contribution < 1.29 is 9.26 Å². The van der Waals surface area contributed by atoms with Gasteiger partial charge in [-0.25, -0.2) is 0 Å². The average molecular weight is 227 g/mol. The highest BCUT2D eigenvalue weighted by Crippen LogP contribution is 2.29. The molecule has 2 N–H and O–H groups in total. The van der Waals surface area contributed by atoms with Crippen molar-refractivity contribution in [2.45, 2.75) is 40.2 Å². The van der Waals surface area contributed by atoms with Crippen molar-refractivity contribution in [3.8, 4) is 0 Å². The molecular formula is C11H21N3O2. The summed E-state index contributed by atoms with van der Waals surface area (Å²) >= 11 is 0. The summed E-state index contributed by atoms with van der Waals surface area (Å²) in [6, 6.07) is -0.235. The molecule has 1 rings (SSSR count). The zero-order chi connectivity index (χ0) is 12.2. The van der Waals surface area contributed by atoms with E-state index in [-0.39, 0.29) is 11.5 Å². The highest BCUT2D eigenvalue weighted by molar-refractivity contribution is 4.96. The van der Waals surface area contributed by atoms with E-state index in [1.165, 1.54) is 0 Å². The Labute approximate surface area is 96.4 Å². The van der Waals surface area contributed by atoms with Crippen LogP contribution < -0.4 is 5.73 Å². The zero-order valence-electron chi connectivity index (χ0n) is 10.5. The molecule has 0 fully saturated rings. The molecule has 0 saturated carbocycles. The van der Waals surface area contributed by atoms with E-state index in [1.54, 1.807) is 0 Å². The molecule has 0 spiro atoms. The van der Waals surface area contributed by atoms with Crippen LogP contribution in [0.1, 0.15) is 45.5 Å². The zero-order valence-corrected chi connectivity index (χ0v) is 10.5. The van der Waals surface area contributed by atoms with Gasteiger partial charge in [0, 0.05) is 13.0 Å². The van der Waals surface area contributed by atoms with Crippen LogP contribution in [0.15, 0.2) is 4.52 Å². The number of nitrogens with zero attached hydrogens (tertiary/aromatic N) is 2. The maximum absolute atomic E-state index is 6.01. The van der Waals surface area contributed by atoms with E-state index in [1.807, 2.05) is 27.7 Å². The molecular weight excluding hydrogens is 206 g/mol. The predicted molar refractivity (Wildman–Crippen MR) is 60.9 cm³/mol. The van der Waals surface area contributed by atoms with E-state index in [0.717, 1.165) is 0 Å². The molecule has 0 amide bonds. The molecule has 1 unspecified atom stereocenters. The molecule has 16 heavy (non-hydrogen) atoms. The van der Waals surface area contributed by atoms with Crippen molar-refractivity contribution in [3.63, 3.8) is 0 Å². The van der Waals surface area contributed by atoms with Crippen LogP contribution >= 0.6 is 0 Å². The van der Waals surface area contributed by atoms with Gasteiger partial charge in [-0.05, 0) is 12.3 Å². The number of nitrogens with two attached hydrogens (primary N) is 1. The minimum Gasteiger partial charge on any atom is -0.381 e. The van der Waals surface area contributed by atoms with Crippen molar-refractivity contribution in [1.29, 1.82) is 0 Å². The molecule has 92 valence electrons. The monoisotopic (exact) mass is 227 g/mol. The Morgan fingerprint density at radius 1 is 1.44 bits per heavy atom. The minimum absolute atomic E-state index is 0.0796. The number of ether oxygens (including phenoxy) is 1. The van der Waals surface area contributed by atoms with E-state index in [4.69, 9.17) is 15.0 Å². The normalized spacial score (nSPS) is 14.1. The van der Waals surface area contributed by atoms with Crippen molar-refractivity contribution in [2.24, 2.45) is 11.1 Å². The van der Waals surface area contributed by atoms with Gasteiger partial charge in [-0.2, -0.15) is 4.98 Å². The van der Waals surface area contributed by atoms with Crippen LogP contribution in [0, 0.1) is 5.41 Å². The fourth-order valence-corrected chi connectivity index (χ4v) is 1.17. The maximum Gasteiger partial charge on any atom is 0.244 e. The number of hydrogen-bond acceptors (Lipinski definition) is 5. The summed E-state index contributed by atoms with van der Waals surface area (Å²) in [4.78, 5) is 4.27. The molecule has 1 aromatic rings. The molecule has 0 aromatic carbocycles. The molecule has 1 heterocycles. The second-order valence-electron chi connectivity index (χ2n) is 4.84. The Bertz CT molecular complexity index is 317. The number of aromatic nitrogens is 2. The molecule has 5 nitrogen and oxygen atoms in total. The molecule has 1 atom stereocenters. The second-order valence-corrected chi connectivity index (χ2v) is 4.84. The van der Waals surface area contributed by atoms with Crippen molar-refractivity contribution in [3.05, 3.63) is 11.7 Å². The fourth-order valence-electron chi connectivity index (χ4n) is 1.17. The van der Waals surface area contributed by atoms with E-state index >= 15 is 0 Å². The minimum atomic E-state index is -0.235. The predicted octanol–water partition coefficient (Wildman–Crippen LogP) is 1.69. The van der Waals surface area contributed by atoms with E-state index < -0.39 is 0 Å². The number of hydrogen-bond donors (Lipinski definition) is 1. The Balaban J connectivity index is 2.57. The van der Waals surface area contributed by atoms with Gasteiger partial charge in [-0.3, -0.25) is 0 Å². The second kappa shape index (κ2) is 5.41. The lowest BCUT2D eigenvalue weighted by molar-refractivity contribution is 0.149. The van der Waals surface area contributed by atoms with Crippen LogP contribution in [-0.2, 0) is 11.2 Å². The maximum atomic E-state index is 6.01. The van der Waals surface area contributed by atoms with Crippen LogP contribution in [-0.4, -0.2) is 23.4 Å². The van der Waals surface area contributed by atoms with E-state index in [0.29, 0.717) is 31.3 Å². The van der Waals surface area contributed by atoms with E-state index in [2.05, 4.69) is 10.1 Å². The first-order chi connectivity index (χ1) is 7.45. The first kappa shape index (κ1) is 13.1. The van der Waals surface area contributed by atoms with Crippen LogP contribution in [0.3, 0.4) is 0 Å². The molecule has 0 saturated heterocycles. The Morgan fingerprint density at radius 2 is 2.12 bits per heavy atom. The van der Waals surface area contributed by atoms with Gasteiger partial charge in [0.25, 0.3) is 0 Å². The van der Waals surface area contributed by atoms with Crippen molar-refractivity contribution in [2.75, 3.05) is 13.2 Å². The van der Waals surface area contributed by atoms with Crippen LogP contribution in [0.2, 0.25) is 0 Å². The largest absolute Gasteiger partial charge is 0.381 e. The Morgan fingerprint density at radius 3 is 2.69 bits per heavy atom. The van der Waals surface area contributed by atoms with Crippen molar-refractivity contribution >= 4 is 0 Å². The molecule has 1 aromatic heterocycles. The summed E-state index contributed by atoms with van der Waals surface area (Å²) in [5.74, 6) is 1.15. The van der Waals surface area contributed by atoms with Gasteiger partial charge < -0.3 is 15.0 Å². The lowest BCUT2D eigenvalue weighted by Gasteiger charge is -2.23. The quantitative estimate of drug-likeness (QED) is 0.775. The summed E-state index contributed by atoms with van der Waals surface area (Å²) in [6.07, 6.45) is 0.661. The SMILES string of the molecule is CCOCCc1noc(C(N)C(C)(C)C)n1. The first-order valence-corrected chi connectivity index (χ1v) is 5.61. The summed E-state index contributed by atoms with van der Waals surface area (Å²) in [5.41, 5.74) is 5.93.